The molecule has 2 fully saturated rings. The van der Waals surface area contributed by atoms with E-state index in [1.165, 1.54) is 16.0 Å². The predicted octanol–water partition coefficient (Wildman–Crippen LogP) is -1.41. The molecule has 2 saturated heterocycles. The molecule has 1 aromatic rings. The fourth-order valence-electron chi connectivity index (χ4n) is 4.12. The first-order chi connectivity index (χ1) is 13.6. The molecule has 1 atom stereocenters. The maximum atomic E-state index is 12.2. The summed E-state index contributed by atoms with van der Waals surface area (Å²) in [5.74, 6) is 1.71. The zero-order valence-corrected chi connectivity index (χ0v) is 17.4. The van der Waals surface area contributed by atoms with Crippen molar-refractivity contribution in [2.24, 2.45) is 0 Å². The molecule has 0 unspecified atom stereocenters. The smallest absolute Gasteiger partial charge is 0.275 e. The molecule has 7 heteroatoms. The van der Waals surface area contributed by atoms with E-state index in [1.807, 2.05) is 6.07 Å². The Balaban J connectivity index is 1.43. The number of aryl methyl sites for hydroxylation is 1. The van der Waals surface area contributed by atoms with Crippen LogP contribution in [0.25, 0.3) is 0 Å². The zero-order valence-electron chi connectivity index (χ0n) is 17.4. The molecule has 2 aliphatic rings. The number of carbonyl (C=O) groups is 1. The van der Waals surface area contributed by atoms with Crippen LogP contribution in [0.3, 0.4) is 0 Å². The highest BCUT2D eigenvalue weighted by atomic mass is 16.5. The molecular formula is C21H35N3O4+2. The maximum absolute atomic E-state index is 12.2. The van der Waals surface area contributed by atoms with Gasteiger partial charge in [0.2, 0.25) is 0 Å². The highest BCUT2D eigenvalue weighted by Gasteiger charge is 2.26. The van der Waals surface area contributed by atoms with Crippen molar-refractivity contribution < 1.29 is 28.8 Å². The standard InChI is InChI=1S/C21H33N3O4/c1-16-11-19(26-2)20(27-3)12-17(16)14-23-6-8-24(9-7-23)15-21(25)22-13-18-5-4-10-28-18/h11-12,18H,4-10,13-15H2,1-3H3,(H,22,25)/p+2/t18-/m0/s1. The van der Waals surface area contributed by atoms with E-state index < -0.39 is 0 Å². The number of amides is 1. The van der Waals surface area contributed by atoms with E-state index in [0.29, 0.717) is 13.1 Å². The van der Waals surface area contributed by atoms with Gasteiger partial charge in [-0.2, -0.15) is 0 Å². The summed E-state index contributed by atoms with van der Waals surface area (Å²) < 4.78 is 16.4. The SMILES string of the molecule is COc1cc(C)c(C[NH+]2CC[NH+](CC(=O)NC[C@@H]3CCCO3)CC2)cc1OC. The van der Waals surface area contributed by atoms with E-state index in [-0.39, 0.29) is 12.0 Å². The monoisotopic (exact) mass is 393 g/mol. The number of quaternary nitrogens is 2. The van der Waals surface area contributed by atoms with Crippen molar-refractivity contribution >= 4 is 5.91 Å². The van der Waals surface area contributed by atoms with Gasteiger partial charge < -0.3 is 29.3 Å². The second-order valence-electron chi connectivity index (χ2n) is 7.93. The number of rotatable bonds is 8. The second kappa shape index (κ2) is 10.1. The summed E-state index contributed by atoms with van der Waals surface area (Å²) in [7, 11) is 3.34. The summed E-state index contributed by atoms with van der Waals surface area (Å²) in [6.07, 6.45) is 2.38. The Morgan fingerprint density at radius 1 is 1.14 bits per heavy atom. The van der Waals surface area contributed by atoms with E-state index in [9.17, 15) is 4.79 Å². The third kappa shape index (κ3) is 5.59. The van der Waals surface area contributed by atoms with Gasteiger partial charge in [-0.15, -0.1) is 0 Å². The van der Waals surface area contributed by atoms with Gasteiger partial charge in [-0.3, -0.25) is 4.79 Å². The van der Waals surface area contributed by atoms with Gasteiger partial charge in [0.25, 0.3) is 5.91 Å². The van der Waals surface area contributed by atoms with Crippen LogP contribution in [0.1, 0.15) is 24.0 Å². The topological polar surface area (TPSA) is 65.7 Å². The molecule has 0 bridgehead atoms. The van der Waals surface area contributed by atoms with E-state index in [1.54, 1.807) is 19.1 Å². The molecule has 0 aliphatic carbocycles. The minimum Gasteiger partial charge on any atom is -0.493 e. The zero-order chi connectivity index (χ0) is 19.9. The van der Waals surface area contributed by atoms with Gasteiger partial charge >= 0.3 is 0 Å². The number of hydrogen-bond donors (Lipinski definition) is 3. The lowest BCUT2D eigenvalue weighted by Crippen LogP contribution is -3.28. The number of benzene rings is 1. The number of hydrogen-bond acceptors (Lipinski definition) is 4. The largest absolute Gasteiger partial charge is 0.493 e. The lowest BCUT2D eigenvalue weighted by Gasteiger charge is -2.30. The van der Waals surface area contributed by atoms with E-state index in [0.717, 1.165) is 63.7 Å². The molecule has 0 radical (unpaired) electrons. The van der Waals surface area contributed by atoms with Gasteiger partial charge in [-0.1, -0.05) is 0 Å². The van der Waals surface area contributed by atoms with Crippen molar-refractivity contribution in [2.45, 2.75) is 32.4 Å². The van der Waals surface area contributed by atoms with E-state index in [2.05, 4.69) is 18.3 Å². The molecule has 3 rings (SSSR count). The molecule has 0 saturated carbocycles. The summed E-state index contributed by atoms with van der Waals surface area (Å²) >= 11 is 0. The van der Waals surface area contributed by atoms with Crippen molar-refractivity contribution in [1.82, 2.24) is 5.32 Å². The number of carbonyl (C=O) groups excluding carboxylic acids is 1. The Kier molecular flexibility index (Phi) is 7.53. The number of ether oxygens (including phenoxy) is 3. The van der Waals surface area contributed by atoms with Crippen LogP contribution >= 0.6 is 0 Å². The Hall–Kier alpha value is -1.83. The van der Waals surface area contributed by atoms with Crippen LogP contribution in [0.5, 0.6) is 11.5 Å². The fraction of sp³-hybridized carbons (Fsp3) is 0.667. The lowest BCUT2D eigenvalue weighted by molar-refractivity contribution is -1.02. The van der Waals surface area contributed by atoms with Gasteiger partial charge in [-0.05, 0) is 37.5 Å². The van der Waals surface area contributed by atoms with Crippen LogP contribution < -0.4 is 24.6 Å². The molecule has 2 aliphatic heterocycles. The normalized spacial score (nSPS) is 24.8. The first-order valence-corrected chi connectivity index (χ1v) is 10.4. The Morgan fingerprint density at radius 3 is 2.46 bits per heavy atom. The van der Waals surface area contributed by atoms with Crippen LogP contribution in [0, 0.1) is 6.92 Å². The number of methoxy groups -OCH3 is 2. The Bertz CT molecular complexity index is 653. The average Bonchev–Trinajstić information content (AvgIpc) is 3.22. The summed E-state index contributed by atoms with van der Waals surface area (Å²) in [5, 5.41) is 3.04. The van der Waals surface area contributed by atoms with Gasteiger partial charge in [0.05, 0.1) is 20.3 Å². The minimum absolute atomic E-state index is 0.143. The van der Waals surface area contributed by atoms with Crippen LogP contribution in [0.15, 0.2) is 12.1 Å². The number of piperazine rings is 1. The second-order valence-corrected chi connectivity index (χ2v) is 7.93. The first kappa shape index (κ1) is 20.9. The predicted molar refractivity (Wildman–Crippen MR) is 106 cm³/mol. The van der Waals surface area contributed by atoms with E-state index in [4.69, 9.17) is 14.2 Å². The van der Waals surface area contributed by atoms with Gasteiger partial charge in [-0.25, -0.2) is 0 Å². The molecule has 1 aromatic carbocycles. The minimum atomic E-state index is 0.143. The lowest BCUT2D eigenvalue weighted by atomic mass is 10.1. The highest BCUT2D eigenvalue weighted by molar-refractivity contribution is 5.76. The Labute approximate surface area is 167 Å². The fourth-order valence-corrected chi connectivity index (χ4v) is 4.12. The van der Waals surface area contributed by atoms with Gasteiger partial charge in [0.1, 0.15) is 32.7 Å². The summed E-state index contributed by atoms with van der Waals surface area (Å²) in [5.41, 5.74) is 2.53. The molecule has 7 nitrogen and oxygen atoms in total. The highest BCUT2D eigenvalue weighted by Crippen LogP contribution is 2.29. The van der Waals surface area contributed by atoms with Crippen LogP contribution in [0.2, 0.25) is 0 Å². The van der Waals surface area contributed by atoms with Crippen molar-refractivity contribution in [3.05, 3.63) is 23.3 Å². The molecule has 28 heavy (non-hydrogen) atoms. The maximum Gasteiger partial charge on any atom is 0.275 e. The van der Waals surface area contributed by atoms with Crippen LogP contribution in [-0.2, 0) is 16.1 Å². The molecule has 2 heterocycles. The molecule has 0 aromatic heterocycles. The van der Waals surface area contributed by atoms with Gasteiger partial charge in [0, 0.05) is 18.7 Å². The molecule has 0 spiro atoms. The van der Waals surface area contributed by atoms with Gasteiger partial charge in [0.15, 0.2) is 18.0 Å². The van der Waals surface area contributed by atoms with E-state index >= 15 is 0 Å². The Morgan fingerprint density at radius 2 is 1.82 bits per heavy atom. The molecular weight excluding hydrogens is 358 g/mol. The summed E-state index contributed by atoms with van der Waals surface area (Å²) in [4.78, 5) is 15.1. The summed E-state index contributed by atoms with van der Waals surface area (Å²) in [6.45, 7) is 9.34. The molecule has 1 amide bonds. The van der Waals surface area contributed by atoms with Crippen molar-refractivity contribution in [3.63, 3.8) is 0 Å². The average molecular weight is 394 g/mol. The number of nitrogens with one attached hydrogen (secondary N) is 3. The quantitative estimate of drug-likeness (QED) is 0.508. The van der Waals surface area contributed by atoms with Crippen molar-refractivity contribution in [3.8, 4) is 11.5 Å². The first-order valence-electron chi connectivity index (χ1n) is 10.4. The third-order valence-electron chi connectivity index (χ3n) is 5.91. The third-order valence-corrected chi connectivity index (χ3v) is 5.91. The molecule has 3 N–H and O–H groups in total. The van der Waals surface area contributed by atoms with Crippen LogP contribution in [-0.4, -0.2) is 72.1 Å². The molecule has 156 valence electrons. The summed E-state index contributed by atoms with van der Waals surface area (Å²) in [6, 6.07) is 4.15. The van der Waals surface area contributed by atoms with Crippen molar-refractivity contribution in [2.75, 3.05) is 60.1 Å². The van der Waals surface area contributed by atoms with Crippen molar-refractivity contribution in [1.29, 1.82) is 0 Å². The van der Waals surface area contributed by atoms with Crippen LogP contribution in [0.4, 0.5) is 0 Å².